The molecule has 2 atom stereocenters. The fourth-order valence-corrected chi connectivity index (χ4v) is 0.697. The molecule has 0 unspecified atom stereocenters. The predicted molar refractivity (Wildman–Crippen MR) is 42.2 cm³/mol. The molecule has 2 N–H and O–H groups in total. The van der Waals surface area contributed by atoms with Gasteiger partial charge in [-0.2, -0.15) is 0 Å². The van der Waals surface area contributed by atoms with Gasteiger partial charge in [0.2, 0.25) is 0 Å². The molecule has 0 saturated carbocycles. The highest BCUT2D eigenvalue weighted by Gasteiger charge is 2.33. The molecule has 0 saturated heterocycles. The summed E-state index contributed by atoms with van der Waals surface area (Å²) in [7, 11) is 6.46. The lowest BCUT2D eigenvalue weighted by atomic mass is 9.87. The van der Waals surface area contributed by atoms with Crippen molar-refractivity contribution < 1.29 is 14.9 Å². The first-order valence-corrected chi connectivity index (χ1v) is 3.18. The smallest absolute Gasteiger partial charge is 0.175 e. The number of aliphatic hydroxyl groups excluding tert-OH is 2. The zero-order valence-corrected chi connectivity index (χ0v) is 6.45. The summed E-state index contributed by atoms with van der Waals surface area (Å²) in [6.07, 6.45) is 3.97. The lowest BCUT2D eigenvalue weighted by Gasteiger charge is -2.29. The molecule has 0 heterocycles. The molecule has 0 bridgehead atoms. The number of hydrogen-bond acceptors (Lipinski definition) is 3. The van der Waals surface area contributed by atoms with Crippen LogP contribution in [0.15, 0.2) is 0 Å². The highest BCUT2D eigenvalue weighted by molar-refractivity contribution is 6.09. The summed E-state index contributed by atoms with van der Waals surface area (Å²) in [5.41, 5.74) is -1.35. The van der Waals surface area contributed by atoms with Gasteiger partial charge in [0.05, 0.1) is 20.6 Å². The summed E-state index contributed by atoms with van der Waals surface area (Å²) in [5, 5.41) is 18.0. The van der Waals surface area contributed by atoms with E-state index >= 15 is 0 Å². The quantitative estimate of drug-likeness (QED) is 0.401. The molecule has 2 radical (unpaired) electrons. The van der Waals surface area contributed by atoms with Crippen LogP contribution in [0.2, 0.25) is 6.32 Å². The van der Waals surface area contributed by atoms with Crippen molar-refractivity contribution in [3.05, 3.63) is 0 Å². The fourth-order valence-electron chi connectivity index (χ4n) is 0.697. The standard InChI is InChI=1S/C7H11BO3/c1-3-7(5-9,11-2)6(10)4-8/h1,6,9-10H,4-5H2,2H3/t6-,7+/m0/s1. The van der Waals surface area contributed by atoms with Gasteiger partial charge in [0, 0.05) is 7.11 Å². The molecule has 11 heavy (non-hydrogen) atoms. The summed E-state index contributed by atoms with van der Waals surface area (Å²) in [4.78, 5) is 0. The summed E-state index contributed by atoms with van der Waals surface area (Å²) >= 11 is 0. The maximum absolute atomic E-state index is 9.22. The third-order valence-corrected chi connectivity index (χ3v) is 1.61. The second-order valence-electron chi connectivity index (χ2n) is 2.15. The maximum atomic E-state index is 9.22. The number of ether oxygens (including phenoxy) is 1. The molecular weight excluding hydrogens is 143 g/mol. The van der Waals surface area contributed by atoms with Gasteiger partial charge in [-0.3, -0.25) is 0 Å². The molecule has 0 aliphatic carbocycles. The van der Waals surface area contributed by atoms with Crippen LogP contribution in [0.25, 0.3) is 0 Å². The molecule has 0 aromatic rings. The van der Waals surface area contributed by atoms with E-state index in [-0.39, 0.29) is 6.32 Å². The minimum Gasteiger partial charge on any atom is -0.392 e. The molecule has 0 rings (SSSR count). The lowest BCUT2D eigenvalue weighted by Crippen LogP contribution is -2.46. The SMILES string of the molecule is [B]C[C@H](O)[C@@](C#C)(CO)OC. The number of hydrogen-bond donors (Lipinski definition) is 2. The number of aliphatic hydroxyl groups is 2. The van der Waals surface area contributed by atoms with E-state index < -0.39 is 18.3 Å². The van der Waals surface area contributed by atoms with Gasteiger partial charge >= 0.3 is 0 Å². The first kappa shape index (κ1) is 10.5. The Morgan fingerprint density at radius 3 is 2.45 bits per heavy atom. The molecule has 0 aromatic carbocycles. The molecule has 0 aliphatic heterocycles. The topological polar surface area (TPSA) is 49.7 Å². The molecule has 4 heteroatoms. The zero-order valence-electron chi connectivity index (χ0n) is 6.45. The average Bonchev–Trinajstić information content (AvgIpc) is 2.08. The Bertz CT molecular complexity index is 148. The molecule has 0 aliphatic rings. The number of methoxy groups -OCH3 is 1. The van der Waals surface area contributed by atoms with Crippen LogP contribution in [0, 0.1) is 12.3 Å². The molecule has 0 amide bonds. The van der Waals surface area contributed by atoms with E-state index in [1.165, 1.54) is 7.11 Å². The fraction of sp³-hybridized carbons (Fsp3) is 0.714. The van der Waals surface area contributed by atoms with Gasteiger partial charge in [-0.25, -0.2) is 0 Å². The van der Waals surface area contributed by atoms with Gasteiger partial charge < -0.3 is 14.9 Å². The molecule has 0 aromatic heterocycles. The summed E-state index contributed by atoms with van der Waals surface area (Å²) < 4.78 is 4.77. The van der Waals surface area contributed by atoms with Gasteiger partial charge in [0.15, 0.2) is 5.60 Å². The number of rotatable bonds is 4. The van der Waals surface area contributed by atoms with Crippen molar-refractivity contribution in [2.45, 2.75) is 18.0 Å². The van der Waals surface area contributed by atoms with Crippen molar-refractivity contribution in [1.82, 2.24) is 0 Å². The summed E-state index contributed by atoms with van der Waals surface area (Å²) in [6.45, 7) is -0.446. The van der Waals surface area contributed by atoms with Crippen LogP contribution in [-0.4, -0.2) is 43.5 Å². The average molecular weight is 154 g/mol. The predicted octanol–water partition coefficient (Wildman–Crippen LogP) is -1.06. The monoisotopic (exact) mass is 154 g/mol. The third-order valence-electron chi connectivity index (χ3n) is 1.61. The summed E-state index contributed by atoms with van der Waals surface area (Å²) in [5.74, 6) is 2.16. The van der Waals surface area contributed by atoms with Gasteiger partial charge in [-0.15, -0.1) is 6.42 Å². The first-order chi connectivity index (χ1) is 5.16. The van der Waals surface area contributed by atoms with Crippen LogP contribution in [0.5, 0.6) is 0 Å². The van der Waals surface area contributed by atoms with E-state index in [1.54, 1.807) is 0 Å². The third kappa shape index (κ3) is 1.97. The Morgan fingerprint density at radius 1 is 1.82 bits per heavy atom. The Hall–Kier alpha value is -0.495. The Labute approximate surface area is 67.8 Å². The van der Waals surface area contributed by atoms with Gasteiger partial charge in [0.1, 0.15) is 0 Å². The Kier molecular flexibility index (Phi) is 4.20. The van der Waals surface area contributed by atoms with Crippen LogP contribution < -0.4 is 0 Å². The Balaban J connectivity index is 4.43. The van der Waals surface area contributed by atoms with Crippen molar-refractivity contribution in [2.75, 3.05) is 13.7 Å². The van der Waals surface area contributed by atoms with Crippen LogP contribution >= 0.6 is 0 Å². The van der Waals surface area contributed by atoms with Crippen molar-refractivity contribution in [3.63, 3.8) is 0 Å². The van der Waals surface area contributed by atoms with E-state index in [0.29, 0.717) is 0 Å². The maximum Gasteiger partial charge on any atom is 0.175 e. The van der Waals surface area contributed by atoms with Crippen LogP contribution in [0.1, 0.15) is 0 Å². The van der Waals surface area contributed by atoms with Crippen LogP contribution in [0.4, 0.5) is 0 Å². The van der Waals surface area contributed by atoms with E-state index in [0.717, 1.165) is 0 Å². The first-order valence-electron chi connectivity index (χ1n) is 3.18. The van der Waals surface area contributed by atoms with Crippen LogP contribution in [-0.2, 0) is 4.74 Å². The van der Waals surface area contributed by atoms with E-state index in [9.17, 15) is 5.11 Å². The van der Waals surface area contributed by atoms with Crippen molar-refractivity contribution in [3.8, 4) is 12.3 Å². The second-order valence-corrected chi connectivity index (χ2v) is 2.15. The molecular formula is C7H11BO3. The summed E-state index contributed by atoms with van der Waals surface area (Å²) in [6, 6.07) is 0. The van der Waals surface area contributed by atoms with E-state index in [2.05, 4.69) is 5.92 Å². The zero-order chi connectivity index (χ0) is 8.91. The number of terminal acetylenes is 1. The van der Waals surface area contributed by atoms with Crippen molar-refractivity contribution in [1.29, 1.82) is 0 Å². The molecule has 0 spiro atoms. The molecule has 3 nitrogen and oxygen atoms in total. The van der Waals surface area contributed by atoms with Crippen LogP contribution in [0.3, 0.4) is 0 Å². The molecule has 60 valence electrons. The molecule has 0 fully saturated rings. The highest BCUT2D eigenvalue weighted by Crippen LogP contribution is 2.15. The van der Waals surface area contributed by atoms with E-state index in [1.807, 2.05) is 0 Å². The largest absolute Gasteiger partial charge is 0.392 e. The lowest BCUT2D eigenvalue weighted by molar-refractivity contribution is -0.0821. The van der Waals surface area contributed by atoms with Gasteiger partial charge in [-0.05, 0) is 0 Å². The highest BCUT2D eigenvalue weighted by atomic mass is 16.5. The van der Waals surface area contributed by atoms with Gasteiger partial charge in [0.25, 0.3) is 0 Å². The van der Waals surface area contributed by atoms with E-state index in [4.69, 9.17) is 24.1 Å². The van der Waals surface area contributed by atoms with Crippen molar-refractivity contribution in [2.24, 2.45) is 0 Å². The minimum absolute atomic E-state index is 0.0431. The Morgan fingerprint density at radius 2 is 2.36 bits per heavy atom. The minimum atomic E-state index is -1.35. The second kappa shape index (κ2) is 4.40. The van der Waals surface area contributed by atoms with Gasteiger partial charge in [-0.1, -0.05) is 12.2 Å². The van der Waals surface area contributed by atoms with Crippen molar-refractivity contribution >= 4 is 7.85 Å². The normalized spacial score (nSPS) is 18.4.